The van der Waals surface area contributed by atoms with Crippen molar-refractivity contribution in [3.63, 3.8) is 0 Å². The molecule has 0 saturated heterocycles. The highest BCUT2D eigenvalue weighted by Gasteiger charge is 2.31. The normalized spacial score (nSPS) is 13.9. The van der Waals surface area contributed by atoms with E-state index in [1.54, 1.807) is 36.5 Å². The minimum absolute atomic E-state index is 0.349. The summed E-state index contributed by atoms with van der Waals surface area (Å²) in [6, 6.07) is 11.2. The van der Waals surface area contributed by atoms with Gasteiger partial charge in [-0.05, 0) is 40.4 Å². The molecule has 0 spiro atoms. The van der Waals surface area contributed by atoms with Gasteiger partial charge in [0.05, 0.1) is 16.0 Å². The first-order chi connectivity index (χ1) is 8.57. The molecule has 0 saturated carbocycles. The largest absolute Gasteiger partial charge is 0.205 e. The Kier molecular flexibility index (Phi) is 3.84. The molecule has 0 aliphatic rings. The summed E-state index contributed by atoms with van der Waals surface area (Å²) < 4.78 is 14.5. The van der Waals surface area contributed by atoms with E-state index in [0.29, 0.717) is 16.5 Å². The molecule has 0 N–H and O–H groups in total. The van der Waals surface area contributed by atoms with Crippen LogP contribution in [0, 0.1) is 17.1 Å². The number of halogens is 2. The summed E-state index contributed by atoms with van der Waals surface area (Å²) >= 11 is 4.75. The summed E-state index contributed by atoms with van der Waals surface area (Å²) in [6.07, 6.45) is 0.522. The molecule has 1 aromatic heterocycles. The molecule has 0 fully saturated rings. The molecule has 0 bridgehead atoms. The first-order valence-electron chi connectivity index (χ1n) is 5.45. The van der Waals surface area contributed by atoms with Crippen LogP contribution in [-0.4, -0.2) is 0 Å². The van der Waals surface area contributed by atoms with Gasteiger partial charge >= 0.3 is 0 Å². The first kappa shape index (κ1) is 13.3. The fraction of sp³-hybridized carbons (Fsp3) is 0.214. The zero-order valence-corrected chi connectivity index (χ0v) is 12.2. The Morgan fingerprint density at radius 1 is 1.39 bits per heavy atom. The van der Waals surface area contributed by atoms with E-state index < -0.39 is 5.41 Å². The Morgan fingerprint density at radius 3 is 2.78 bits per heavy atom. The molecule has 2 aromatic rings. The highest BCUT2D eigenvalue weighted by molar-refractivity contribution is 9.10. The molecule has 92 valence electrons. The van der Waals surface area contributed by atoms with Crippen LogP contribution < -0.4 is 0 Å². The summed E-state index contributed by atoms with van der Waals surface area (Å²) in [4.78, 5) is 1.08. The van der Waals surface area contributed by atoms with Crippen LogP contribution in [0.1, 0.15) is 17.4 Å². The smallest absolute Gasteiger partial charge is 0.142 e. The average Bonchev–Trinajstić information content (AvgIpc) is 2.85. The van der Waals surface area contributed by atoms with Crippen LogP contribution in [0.3, 0.4) is 0 Å². The molecule has 1 aromatic carbocycles. The number of hydrogen-bond acceptors (Lipinski definition) is 2. The van der Waals surface area contributed by atoms with E-state index in [1.807, 2.05) is 17.5 Å². The van der Waals surface area contributed by atoms with Crippen LogP contribution in [-0.2, 0) is 11.8 Å². The van der Waals surface area contributed by atoms with Gasteiger partial charge in [0.1, 0.15) is 5.82 Å². The standard InChI is InChI=1S/C14H11BrFNS/c1-14(9-17,8-10-4-3-7-18-10)11-5-2-6-12(15)13(11)16/h2-7H,8H2,1H3. The third kappa shape index (κ3) is 2.47. The molecule has 2 rings (SSSR count). The summed E-state index contributed by atoms with van der Waals surface area (Å²) in [5, 5.41) is 11.4. The van der Waals surface area contributed by atoms with Crippen LogP contribution in [0.15, 0.2) is 40.2 Å². The fourth-order valence-corrected chi connectivity index (χ4v) is 3.11. The monoisotopic (exact) mass is 323 g/mol. The second kappa shape index (κ2) is 5.21. The van der Waals surface area contributed by atoms with Crippen LogP contribution >= 0.6 is 27.3 Å². The molecule has 0 aliphatic heterocycles. The molecule has 0 amide bonds. The Morgan fingerprint density at radius 2 is 2.17 bits per heavy atom. The lowest BCUT2D eigenvalue weighted by Crippen LogP contribution is -2.24. The van der Waals surface area contributed by atoms with Gasteiger partial charge in [-0.1, -0.05) is 18.2 Å². The highest BCUT2D eigenvalue weighted by atomic mass is 79.9. The van der Waals surface area contributed by atoms with Crippen LogP contribution in [0.2, 0.25) is 0 Å². The van der Waals surface area contributed by atoms with Crippen molar-refractivity contribution in [3.8, 4) is 6.07 Å². The van der Waals surface area contributed by atoms with Crippen LogP contribution in [0.5, 0.6) is 0 Å². The van der Waals surface area contributed by atoms with E-state index in [1.165, 1.54) is 0 Å². The fourth-order valence-electron chi connectivity index (χ4n) is 1.89. The lowest BCUT2D eigenvalue weighted by atomic mass is 9.80. The van der Waals surface area contributed by atoms with E-state index in [2.05, 4.69) is 22.0 Å². The minimum atomic E-state index is -0.848. The van der Waals surface area contributed by atoms with E-state index >= 15 is 0 Å². The molecule has 1 nitrogen and oxygen atoms in total. The van der Waals surface area contributed by atoms with Gasteiger partial charge in [-0.25, -0.2) is 4.39 Å². The topological polar surface area (TPSA) is 23.8 Å². The summed E-state index contributed by atoms with van der Waals surface area (Å²) in [6.45, 7) is 1.78. The number of hydrogen-bond donors (Lipinski definition) is 0. The summed E-state index contributed by atoms with van der Waals surface area (Å²) in [5.74, 6) is -0.349. The quantitative estimate of drug-likeness (QED) is 0.804. The third-order valence-electron chi connectivity index (χ3n) is 2.90. The van der Waals surface area contributed by atoms with Crippen LogP contribution in [0.4, 0.5) is 4.39 Å². The van der Waals surface area contributed by atoms with Gasteiger partial charge in [0.2, 0.25) is 0 Å². The van der Waals surface area contributed by atoms with Crippen molar-refractivity contribution in [1.29, 1.82) is 5.26 Å². The molecule has 0 aliphatic carbocycles. The van der Waals surface area contributed by atoms with Crippen molar-refractivity contribution in [2.75, 3.05) is 0 Å². The molecular formula is C14H11BrFNS. The van der Waals surface area contributed by atoms with Crippen molar-refractivity contribution in [1.82, 2.24) is 0 Å². The summed E-state index contributed by atoms with van der Waals surface area (Å²) in [7, 11) is 0. The molecule has 4 heteroatoms. The maximum Gasteiger partial charge on any atom is 0.142 e. The van der Waals surface area contributed by atoms with E-state index in [9.17, 15) is 9.65 Å². The zero-order valence-electron chi connectivity index (χ0n) is 9.78. The van der Waals surface area contributed by atoms with Crippen molar-refractivity contribution in [2.45, 2.75) is 18.8 Å². The molecule has 18 heavy (non-hydrogen) atoms. The highest BCUT2D eigenvalue weighted by Crippen LogP contribution is 2.33. The average molecular weight is 324 g/mol. The predicted molar refractivity (Wildman–Crippen MR) is 75.1 cm³/mol. The van der Waals surface area contributed by atoms with Crippen molar-refractivity contribution >= 4 is 27.3 Å². The Balaban J connectivity index is 2.44. The number of nitrogens with zero attached hydrogens (tertiary/aromatic N) is 1. The van der Waals surface area contributed by atoms with Crippen LogP contribution in [0.25, 0.3) is 0 Å². The number of benzene rings is 1. The van der Waals surface area contributed by atoms with Gasteiger partial charge in [0, 0.05) is 16.9 Å². The van der Waals surface area contributed by atoms with Gasteiger partial charge < -0.3 is 0 Å². The molecule has 1 heterocycles. The van der Waals surface area contributed by atoms with E-state index in [4.69, 9.17) is 0 Å². The molecule has 0 radical (unpaired) electrons. The number of rotatable bonds is 3. The van der Waals surface area contributed by atoms with E-state index in [-0.39, 0.29) is 5.82 Å². The lowest BCUT2D eigenvalue weighted by molar-refractivity contribution is 0.533. The SMILES string of the molecule is CC(C#N)(Cc1cccs1)c1cccc(Br)c1F. The van der Waals surface area contributed by atoms with Gasteiger partial charge in [-0.2, -0.15) is 5.26 Å². The minimum Gasteiger partial charge on any atom is -0.205 e. The number of thiophene rings is 1. The van der Waals surface area contributed by atoms with Crippen molar-refractivity contribution in [3.05, 3.63) is 56.4 Å². The molecule has 1 atom stereocenters. The van der Waals surface area contributed by atoms with Crippen molar-refractivity contribution in [2.24, 2.45) is 0 Å². The maximum atomic E-state index is 14.1. The Labute approximate surface area is 118 Å². The van der Waals surface area contributed by atoms with Gasteiger partial charge in [-0.3, -0.25) is 0 Å². The van der Waals surface area contributed by atoms with Gasteiger partial charge in [-0.15, -0.1) is 11.3 Å². The lowest BCUT2D eigenvalue weighted by Gasteiger charge is -2.22. The maximum absolute atomic E-state index is 14.1. The third-order valence-corrected chi connectivity index (χ3v) is 4.39. The number of nitriles is 1. The second-order valence-corrected chi connectivity index (χ2v) is 6.19. The predicted octanol–water partition coefficient (Wildman–Crippen LogP) is 4.67. The zero-order chi connectivity index (χ0) is 13.2. The van der Waals surface area contributed by atoms with Gasteiger partial charge in [0.15, 0.2) is 0 Å². The second-order valence-electron chi connectivity index (χ2n) is 4.30. The first-order valence-corrected chi connectivity index (χ1v) is 7.12. The Hall–Kier alpha value is -1.18. The van der Waals surface area contributed by atoms with Gasteiger partial charge in [0.25, 0.3) is 0 Å². The Bertz CT molecular complexity index is 588. The summed E-state index contributed by atoms with van der Waals surface area (Å²) in [5.41, 5.74) is -0.411. The molecular weight excluding hydrogens is 313 g/mol. The van der Waals surface area contributed by atoms with E-state index in [0.717, 1.165) is 4.88 Å². The molecule has 1 unspecified atom stereocenters. The van der Waals surface area contributed by atoms with Crippen molar-refractivity contribution < 1.29 is 4.39 Å².